The van der Waals surface area contributed by atoms with Gasteiger partial charge in [0.05, 0.1) is 6.61 Å². The average molecular weight is 430 g/mol. The van der Waals surface area contributed by atoms with E-state index < -0.39 is 0 Å². The topological polar surface area (TPSA) is 26.3 Å². The van der Waals surface area contributed by atoms with Gasteiger partial charge in [0.1, 0.15) is 0 Å². The summed E-state index contributed by atoms with van der Waals surface area (Å²) >= 11 is 4.61. The van der Waals surface area contributed by atoms with Gasteiger partial charge in [-0.2, -0.15) is 5.75 Å². The van der Waals surface area contributed by atoms with Gasteiger partial charge in [-0.15, -0.1) is 0 Å². The summed E-state index contributed by atoms with van der Waals surface area (Å²) in [6, 6.07) is 0. The second-order valence-electron chi connectivity index (χ2n) is 3.74. The van der Waals surface area contributed by atoms with Crippen LogP contribution in [0.4, 0.5) is 0 Å². The van der Waals surface area contributed by atoms with Crippen LogP contribution in [0.3, 0.4) is 0 Å². The van der Waals surface area contributed by atoms with E-state index >= 15 is 0 Å². The van der Waals surface area contributed by atoms with E-state index in [9.17, 15) is 4.79 Å². The molecule has 0 aliphatic heterocycles. The zero-order valence-electron chi connectivity index (χ0n) is 13.4. The van der Waals surface area contributed by atoms with Crippen molar-refractivity contribution in [1.82, 2.24) is 0 Å². The molecular weight excluding hydrogens is 398 g/mol. The second kappa shape index (κ2) is 36.8. The Balaban J connectivity index is -0.0000000637. The monoisotopic (exact) mass is 430 g/mol. The first-order valence-electron chi connectivity index (χ1n) is 6.96. The molecule has 0 aliphatic rings. The minimum absolute atomic E-state index is 0. The summed E-state index contributed by atoms with van der Waals surface area (Å²) < 4.78 is 4.82. The third kappa shape index (κ3) is 51.0. The van der Waals surface area contributed by atoms with Gasteiger partial charge in [-0.1, -0.05) is 66.7 Å². The first-order chi connectivity index (χ1) is 8.64. The van der Waals surface area contributed by atoms with Crippen molar-refractivity contribution < 1.29 is 21.9 Å². The van der Waals surface area contributed by atoms with E-state index in [4.69, 9.17) is 4.74 Å². The van der Waals surface area contributed by atoms with Gasteiger partial charge in [0.2, 0.25) is 0 Å². The molecule has 5 heteroatoms. The molecular formula is C15H31ClO2SSn. The van der Waals surface area contributed by atoms with Gasteiger partial charge >= 0.3 is 29.9 Å². The number of hydrogen-bond donors (Lipinski definition) is 0. The van der Waals surface area contributed by atoms with Crippen molar-refractivity contribution in [2.75, 3.05) is 12.4 Å². The quantitative estimate of drug-likeness (QED) is 0.263. The van der Waals surface area contributed by atoms with Crippen molar-refractivity contribution in [3.8, 4) is 0 Å². The maximum atomic E-state index is 10.6. The smallest absolute Gasteiger partial charge is 1.00 e. The number of hydrogen-bond acceptors (Lipinski definition) is 3. The first kappa shape index (κ1) is 32.7. The van der Waals surface area contributed by atoms with Crippen LogP contribution in [0.25, 0.3) is 0 Å². The zero-order chi connectivity index (χ0) is 14.6. The normalized spacial score (nSPS) is 7.70. The van der Waals surface area contributed by atoms with Crippen molar-refractivity contribution in [2.24, 2.45) is 0 Å². The van der Waals surface area contributed by atoms with E-state index in [1.165, 1.54) is 12.8 Å². The standard InChI is InChI=1S/C7H14O2S.2C4H9.ClH.Sn/c1-2-3-5-9-7(8)4-6-10;2*1-3-4-2;;/h10H,2-6H2,1H3;2*1,3-4H2,2H3;1H;/q;;;;+2/p-2. The van der Waals surface area contributed by atoms with Crippen LogP contribution in [-0.4, -0.2) is 42.2 Å². The molecule has 0 aliphatic carbocycles. The van der Waals surface area contributed by atoms with E-state index in [2.05, 4.69) is 47.2 Å². The fraction of sp³-hybridized carbons (Fsp3) is 0.800. The molecule has 0 fully saturated rings. The summed E-state index contributed by atoms with van der Waals surface area (Å²) in [5.41, 5.74) is 0. The number of ether oxygens (including phenoxy) is 1. The molecule has 0 atom stereocenters. The molecule has 0 saturated carbocycles. The van der Waals surface area contributed by atoms with E-state index in [-0.39, 0.29) is 42.3 Å². The van der Waals surface area contributed by atoms with Gasteiger partial charge in [-0.25, -0.2) is 0 Å². The third-order valence-corrected chi connectivity index (χ3v) is 1.98. The summed E-state index contributed by atoms with van der Waals surface area (Å²) in [7, 11) is 0. The maximum absolute atomic E-state index is 10.6. The Bertz CT molecular complexity index is 142. The van der Waals surface area contributed by atoms with Crippen LogP contribution < -0.4 is 12.4 Å². The molecule has 0 aromatic rings. The molecule has 2 nitrogen and oxygen atoms in total. The van der Waals surface area contributed by atoms with Crippen molar-refractivity contribution >= 4 is 42.5 Å². The molecule has 0 aromatic heterocycles. The Morgan fingerprint density at radius 2 is 1.45 bits per heavy atom. The summed E-state index contributed by atoms with van der Waals surface area (Å²) in [4.78, 5) is 10.6. The van der Waals surface area contributed by atoms with Crippen molar-refractivity contribution in [2.45, 2.75) is 65.7 Å². The zero-order valence-corrected chi connectivity index (χ0v) is 17.8. The number of halogens is 1. The van der Waals surface area contributed by atoms with Crippen LogP contribution >= 0.6 is 0 Å². The van der Waals surface area contributed by atoms with Crippen LogP contribution in [0.1, 0.15) is 65.7 Å². The molecule has 0 bridgehead atoms. The second-order valence-corrected chi connectivity index (χ2v) is 4.14. The fourth-order valence-electron chi connectivity index (χ4n) is 0.486. The number of rotatable bonds is 7. The Labute approximate surface area is 156 Å². The molecule has 0 spiro atoms. The van der Waals surface area contributed by atoms with Crippen LogP contribution in [0.2, 0.25) is 0 Å². The number of unbranched alkanes of at least 4 members (excludes halogenated alkanes) is 3. The van der Waals surface area contributed by atoms with E-state index in [1.807, 2.05) is 0 Å². The van der Waals surface area contributed by atoms with Crippen molar-refractivity contribution in [1.29, 1.82) is 0 Å². The van der Waals surface area contributed by atoms with Crippen LogP contribution in [0, 0.1) is 13.8 Å². The Kier molecular flexibility index (Phi) is 60.2. The van der Waals surface area contributed by atoms with Gasteiger partial charge < -0.3 is 29.8 Å². The number of esters is 1. The minimum atomic E-state index is -0.163. The molecule has 0 saturated heterocycles. The predicted octanol–water partition coefficient (Wildman–Crippen LogP) is 1.13. The molecule has 0 aromatic carbocycles. The largest absolute Gasteiger partial charge is 2.00 e. The molecule has 120 valence electrons. The van der Waals surface area contributed by atoms with Gasteiger partial charge in [0, 0.05) is 6.42 Å². The van der Waals surface area contributed by atoms with Gasteiger partial charge in [0.25, 0.3) is 0 Å². The molecule has 4 radical (unpaired) electrons. The molecule has 0 unspecified atom stereocenters. The van der Waals surface area contributed by atoms with Crippen molar-refractivity contribution in [3.63, 3.8) is 0 Å². The van der Waals surface area contributed by atoms with Crippen LogP contribution in [0.15, 0.2) is 0 Å². The summed E-state index contributed by atoms with van der Waals surface area (Å²) in [6.45, 7) is 14.0. The van der Waals surface area contributed by atoms with Crippen molar-refractivity contribution in [3.05, 3.63) is 13.8 Å². The first-order valence-corrected chi connectivity index (χ1v) is 7.54. The summed E-state index contributed by atoms with van der Waals surface area (Å²) in [5.74, 6) is 0.300. The predicted molar refractivity (Wildman–Crippen MR) is 89.0 cm³/mol. The molecule has 20 heavy (non-hydrogen) atoms. The van der Waals surface area contributed by atoms with Gasteiger partial charge in [-0.05, 0) is 6.42 Å². The van der Waals surface area contributed by atoms with E-state index in [0.717, 1.165) is 25.7 Å². The number of carbonyl (C=O) groups excluding carboxylic acids is 1. The maximum Gasteiger partial charge on any atom is 2.00 e. The van der Waals surface area contributed by atoms with Gasteiger partial charge in [0.15, 0.2) is 0 Å². The summed E-state index contributed by atoms with van der Waals surface area (Å²) in [6.07, 6.45) is 6.93. The molecule has 0 heterocycles. The van der Waals surface area contributed by atoms with E-state index in [1.54, 1.807) is 0 Å². The van der Waals surface area contributed by atoms with Crippen LogP contribution in [-0.2, 0) is 22.2 Å². The van der Waals surface area contributed by atoms with Gasteiger partial charge in [-0.3, -0.25) is 4.79 Å². The molecule has 0 N–H and O–H groups in total. The molecule has 0 rings (SSSR count). The number of carbonyl (C=O) groups is 1. The minimum Gasteiger partial charge on any atom is -1.00 e. The SMILES string of the molecule is CCCCOC(=O)CC[S-].[CH2]CCC.[CH2]CCC.[Cl-].[Sn+2]. The Morgan fingerprint density at radius 3 is 1.70 bits per heavy atom. The summed E-state index contributed by atoms with van der Waals surface area (Å²) in [5, 5.41) is 0. The third-order valence-electron chi connectivity index (χ3n) is 1.77. The average Bonchev–Trinajstić information content (AvgIpc) is 2.40. The fourth-order valence-corrected chi connectivity index (χ4v) is 0.653. The van der Waals surface area contributed by atoms with Crippen LogP contribution in [0.5, 0.6) is 0 Å². The Hall–Kier alpha value is 0.909. The molecule has 0 amide bonds. The van der Waals surface area contributed by atoms with E-state index in [0.29, 0.717) is 18.8 Å². The Morgan fingerprint density at radius 1 is 1.05 bits per heavy atom.